The Balaban J connectivity index is 1.06. The van der Waals surface area contributed by atoms with Crippen LogP contribution in [-0.4, -0.2) is 24.5 Å². The lowest BCUT2D eigenvalue weighted by Crippen LogP contribution is -2.00. The van der Waals surface area contributed by atoms with Crippen molar-refractivity contribution in [3.05, 3.63) is 212 Å². The van der Waals surface area contributed by atoms with Gasteiger partial charge in [0.05, 0.1) is 22.2 Å². The van der Waals surface area contributed by atoms with Gasteiger partial charge in [-0.15, -0.1) is 0 Å². The molecule has 12 aromatic rings. The number of hydrogen-bond donors (Lipinski definition) is 0. The Kier molecular flexibility index (Phi) is 8.10. The smallest absolute Gasteiger partial charge is 0.164 e. The third kappa shape index (κ3) is 5.86. The Bertz CT molecular complexity index is 3560. The molecule has 0 N–H and O–H groups in total. The molecule has 0 amide bonds. The number of hydrogen-bond acceptors (Lipinski definition) is 4. The van der Waals surface area contributed by atoms with Gasteiger partial charge in [-0.05, 0) is 46.7 Å². The average molecular weight is 778 g/mol. The third-order valence-electron chi connectivity index (χ3n) is 11.8. The number of rotatable bonds is 6. The zero-order valence-corrected chi connectivity index (χ0v) is 32.9. The molecule has 0 fully saturated rings. The van der Waals surface area contributed by atoms with Gasteiger partial charge in [-0.2, -0.15) is 0 Å². The van der Waals surface area contributed by atoms with E-state index < -0.39 is 0 Å². The second kappa shape index (κ2) is 14.2. The molecule has 0 unspecified atom stereocenters. The van der Waals surface area contributed by atoms with Crippen LogP contribution in [0.5, 0.6) is 0 Å². The van der Waals surface area contributed by atoms with Gasteiger partial charge in [0.1, 0.15) is 0 Å². The number of nitrogens with zero attached hydrogens (tertiary/aromatic N) is 5. The summed E-state index contributed by atoms with van der Waals surface area (Å²) >= 11 is 0. The number of aromatic nitrogens is 5. The standard InChI is InChI=1S/C56H35N5/c1-5-16-36(17-6-1)51-48-33-32-46-45-26-15-25-44(52(45)61(43-22-11-4-12-23-43)53(46)50(48)47-24-13-14-27-49(47)57-51)41-30-28-40-35-42(31-29-39(40)34-41)56-59-54(37-18-7-2-8-19-37)58-55(60-56)38-20-9-3-10-21-38/h1-35H. The first-order valence-electron chi connectivity index (χ1n) is 20.6. The Labute approximate surface area is 351 Å². The van der Waals surface area contributed by atoms with E-state index in [0.717, 1.165) is 71.8 Å². The molecule has 3 heterocycles. The molecule has 9 aromatic carbocycles. The first-order chi connectivity index (χ1) is 30.2. The Morgan fingerprint density at radius 1 is 0.311 bits per heavy atom. The topological polar surface area (TPSA) is 56.5 Å². The van der Waals surface area contributed by atoms with Crippen LogP contribution in [0.4, 0.5) is 0 Å². The second-order valence-electron chi connectivity index (χ2n) is 15.4. The van der Waals surface area contributed by atoms with Crippen molar-refractivity contribution in [2.45, 2.75) is 0 Å². The maximum atomic E-state index is 5.27. The van der Waals surface area contributed by atoms with Crippen LogP contribution in [-0.2, 0) is 0 Å². The van der Waals surface area contributed by atoms with E-state index >= 15 is 0 Å². The van der Waals surface area contributed by atoms with E-state index in [1.54, 1.807) is 0 Å². The van der Waals surface area contributed by atoms with E-state index in [-0.39, 0.29) is 0 Å². The van der Waals surface area contributed by atoms with Crippen molar-refractivity contribution in [3.63, 3.8) is 0 Å². The zero-order chi connectivity index (χ0) is 40.3. The lowest BCUT2D eigenvalue weighted by molar-refractivity contribution is 1.07. The minimum absolute atomic E-state index is 0.640. The first-order valence-corrected chi connectivity index (χ1v) is 20.6. The van der Waals surface area contributed by atoms with Gasteiger partial charge in [0.25, 0.3) is 0 Å². The van der Waals surface area contributed by atoms with Gasteiger partial charge in [0.15, 0.2) is 17.5 Å². The van der Waals surface area contributed by atoms with Gasteiger partial charge in [0.2, 0.25) is 0 Å². The summed E-state index contributed by atoms with van der Waals surface area (Å²) in [7, 11) is 0. The summed E-state index contributed by atoms with van der Waals surface area (Å²) in [5.41, 5.74) is 11.7. The van der Waals surface area contributed by atoms with Gasteiger partial charge in [0, 0.05) is 60.4 Å². The molecule has 0 spiro atoms. The lowest BCUT2D eigenvalue weighted by atomic mass is 9.96. The van der Waals surface area contributed by atoms with Gasteiger partial charge >= 0.3 is 0 Å². The molecule has 5 heteroatoms. The number of para-hydroxylation sites is 3. The Morgan fingerprint density at radius 2 is 0.820 bits per heavy atom. The molecular weight excluding hydrogens is 743 g/mol. The molecule has 0 aliphatic rings. The van der Waals surface area contributed by atoms with Crippen LogP contribution < -0.4 is 0 Å². The first kappa shape index (κ1) is 34.7. The molecule has 0 radical (unpaired) electrons. The molecule has 0 bridgehead atoms. The fraction of sp³-hybridized carbons (Fsp3) is 0. The molecule has 0 aliphatic carbocycles. The summed E-state index contributed by atoms with van der Waals surface area (Å²) in [6.45, 7) is 0. The lowest BCUT2D eigenvalue weighted by Gasteiger charge is -2.15. The molecule has 3 aromatic heterocycles. The third-order valence-corrected chi connectivity index (χ3v) is 11.8. The summed E-state index contributed by atoms with van der Waals surface area (Å²) in [6.07, 6.45) is 0. The largest absolute Gasteiger partial charge is 0.308 e. The van der Waals surface area contributed by atoms with Gasteiger partial charge in [-0.3, -0.25) is 0 Å². The van der Waals surface area contributed by atoms with E-state index in [0.29, 0.717) is 17.5 Å². The molecule has 0 atom stereocenters. The van der Waals surface area contributed by atoms with Crippen molar-refractivity contribution in [2.75, 3.05) is 0 Å². The number of benzene rings is 9. The summed E-state index contributed by atoms with van der Waals surface area (Å²) < 4.78 is 2.48. The van der Waals surface area contributed by atoms with Crippen molar-refractivity contribution >= 4 is 54.3 Å². The maximum Gasteiger partial charge on any atom is 0.164 e. The molecule has 0 aliphatic heterocycles. The number of fused-ring (bicyclic) bond motifs is 8. The SMILES string of the molecule is c1ccc(-c2nc(-c3ccccc3)nc(-c3ccc4cc(-c5cccc6c7ccc8c(-c9ccccc9)nc9ccccc9c8c7n(-c7ccccc7)c56)ccc4c3)n2)cc1. The Hall–Kier alpha value is -8.28. The van der Waals surface area contributed by atoms with E-state index in [1.165, 1.54) is 27.2 Å². The van der Waals surface area contributed by atoms with Crippen molar-refractivity contribution in [2.24, 2.45) is 0 Å². The predicted molar refractivity (Wildman–Crippen MR) is 252 cm³/mol. The monoisotopic (exact) mass is 777 g/mol. The van der Waals surface area contributed by atoms with E-state index in [2.05, 4.69) is 156 Å². The molecule has 61 heavy (non-hydrogen) atoms. The highest BCUT2D eigenvalue weighted by Gasteiger charge is 2.22. The highest BCUT2D eigenvalue weighted by Crippen LogP contribution is 2.44. The Morgan fingerprint density at radius 3 is 1.49 bits per heavy atom. The van der Waals surface area contributed by atoms with Crippen LogP contribution >= 0.6 is 0 Å². The van der Waals surface area contributed by atoms with Crippen molar-refractivity contribution in [3.8, 4) is 62.2 Å². The number of pyridine rings is 1. The van der Waals surface area contributed by atoms with Crippen LogP contribution in [0, 0.1) is 0 Å². The van der Waals surface area contributed by atoms with Crippen molar-refractivity contribution in [1.82, 2.24) is 24.5 Å². The molecule has 12 rings (SSSR count). The van der Waals surface area contributed by atoms with Crippen LogP contribution in [0.2, 0.25) is 0 Å². The minimum Gasteiger partial charge on any atom is -0.308 e. The van der Waals surface area contributed by atoms with Crippen molar-refractivity contribution in [1.29, 1.82) is 0 Å². The summed E-state index contributed by atoms with van der Waals surface area (Å²) in [5.74, 6) is 1.94. The van der Waals surface area contributed by atoms with Crippen LogP contribution in [0.3, 0.4) is 0 Å². The fourth-order valence-corrected chi connectivity index (χ4v) is 8.96. The normalized spacial score (nSPS) is 11.6. The fourth-order valence-electron chi connectivity index (χ4n) is 8.96. The molecule has 0 saturated carbocycles. The molecule has 284 valence electrons. The molecule has 0 saturated heterocycles. The van der Waals surface area contributed by atoms with Gasteiger partial charge in [-0.25, -0.2) is 19.9 Å². The molecular formula is C56H35N5. The zero-order valence-electron chi connectivity index (χ0n) is 32.9. The summed E-state index contributed by atoms with van der Waals surface area (Å²) in [6, 6.07) is 74.6. The highest BCUT2D eigenvalue weighted by atomic mass is 15.0. The van der Waals surface area contributed by atoms with E-state index in [4.69, 9.17) is 19.9 Å². The van der Waals surface area contributed by atoms with Crippen LogP contribution in [0.1, 0.15) is 0 Å². The quantitative estimate of drug-likeness (QED) is 0.158. The van der Waals surface area contributed by atoms with E-state index in [9.17, 15) is 0 Å². The van der Waals surface area contributed by atoms with Gasteiger partial charge < -0.3 is 4.57 Å². The van der Waals surface area contributed by atoms with Crippen molar-refractivity contribution < 1.29 is 0 Å². The maximum absolute atomic E-state index is 5.27. The van der Waals surface area contributed by atoms with Gasteiger partial charge in [-0.1, -0.05) is 182 Å². The van der Waals surface area contributed by atoms with Crippen LogP contribution in [0.15, 0.2) is 212 Å². The minimum atomic E-state index is 0.640. The summed E-state index contributed by atoms with van der Waals surface area (Å²) in [5, 5.41) is 8.12. The second-order valence-corrected chi connectivity index (χ2v) is 15.4. The highest BCUT2D eigenvalue weighted by molar-refractivity contribution is 6.28. The van der Waals surface area contributed by atoms with E-state index in [1.807, 2.05) is 60.7 Å². The average Bonchev–Trinajstić information content (AvgIpc) is 3.69. The predicted octanol–water partition coefficient (Wildman–Crippen LogP) is 14.2. The molecule has 5 nitrogen and oxygen atoms in total. The van der Waals surface area contributed by atoms with Crippen LogP contribution in [0.25, 0.3) is 116 Å². The summed E-state index contributed by atoms with van der Waals surface area (Å²) in [4.78, 5) is 20.2.